The van der Waals surface area contributed by atoms with Gasteiger partial charge in [0.15, 0.2) is 19.3 Å². The van der Waals surface area contributed by atoms with E-state index in [9.17, 15) is 19.1 Å². The van der Waals surface area contributed by atoms with Crippen LogP contribution in [0.2, 0.25) is 0 Å². The number of aryl methyl sites for hydroxylation is 1. The maximum atomic E-state index is 13.8. The number of anilines is 1. The van der Waals surface area contributed by atoms with E-state index in [0.717, 1.165) is 24.2 Å². The molecular weight excluding hydrogens is 439 g/mol. The quantitative estimate of drug-likeness (QED) is 0.462. The van der Waals surface area contributed by atoms with Gasteiger partial charge >= 0.3 is 0 Å². The Labute approximate surface area is 196 Å². The van der Waals surface area contributed by atoms with Crippen LogP contribution in [0.3, 0.4) is 0 Å². The highest BCUT2D eigenvalue weighted by atomic mass is 19.1. The Morgan fingerprint density at radius 1 is 1.35 bits per heavy atom. The van der Waals surface area contributed by atoms with E-state index in [-0.39, 0.29) is 18.4 Å². The Hall–Kier alpha value is -3.30. The predicted molar refractivity (Wildman–Crippen MR) is 126 cm³/mol. The molecule has 0 spiro atoms. The van der Waals surface area contributed by atoms with Crippen molar-refractivity contribution in [1.82, 2.24) is 9.88 Å². The number of nitrogens with one attached hydrogen (secondary N) is 2. The van der Waals surface area contributed by atoms with E-state index in [2.05, 4.69) is 10.3 Å². The lowest BCUT2D eigenvalue weighted by molar-refractivity contribution is -0.542. The second kappa shape index (κ2) is 9.15. The van der Waals surface area contributed by atoms with E-state index in [1.54, 1.807) is 17.0 Å². The molecule has 1 aromatic heterocycles. The molecule has 1 aromatic carbocycles. The van der Waals surface area contributed by atoms with Gasteiger partial charge in [0.1, 0.15) is 25.1 Å². The number of hydrogen-bond acceptors (Lipinski definition) is 4. The second-order valence-electron chi connectivity index (χ2n) is 8.98. The number of aliphatic hydroxyl groups excluding tert-OH is 1. The van der Waals surface area contributed by atoms with Crippen molar-refractivity contribution in [2.24, 2.45) is 0 Å². The SMILES string of the molecule is Cc1c(/C=C2\C(=O)Nc3ccc(F)cc32)[nH]c2c1C(=O)N(C[C@@H](O)C[N+]1=CCOCC1)CCC2. The van der Waals surface area contributed by atoms with Crippen LogP contribution >= 0.6 is 0 Å². The number of carbonyl (C=O) groups excluding carboxylic acids is 2. The van der Waals surface area contributed by atoms with Gasteiger partial charge in [0, 0.05) is 29.2 Å². The minimum Gasteiger partial charge on any atom is -0.385 e. The second-order valence-corrected chi connectivity index (χ2v) is 8.98. The largest absolute Gasteiger partial charge is 0.385 e. The third-order valence-corrected chi connectivity index (χ3v) is 6.63. The molecule has 5 rings (SSSR count). The summed E-state index contributed by atoms with van der Waals surface area (Å²) in [6.45, 7) is 5.01. The summed E-state index contributed by atoms with van der Waals surface area (Å²) in [5.74, 6) is -0.849. The number of β-amino-alcohol motifs (C(OH)–C–C–N with tert-alkyl or cyclic N) is 1. The zero-order valence-electron chi connectivity index (χ0n) is 19.1. The number of amides is 2. The topological polar surface area (TPSA) is 97.7 Å². The minimum atomic E-state index is -0.672. The monoisotopic (exact) mass is 467 g/mol. The highest BCUT2D eigenvalue weighted by Crippen LogP contribution is 2.35. The molecule has 0 saturated carbocycles. The van der Waals surface area contributed by atoms with Gasteiger partial charge in [0.2, 0.25) is 0 Å². The summed E-state index contributed by atoms with van der Waals surface area (Å²) in [6.07, 6.45) is 4.39. The van der Waals surface area contributed by atoms with Crippen LogP contribution in [-0.4, -0.2) is 83.1 Å². The smallest absolute Gasteiger partial charge is 0.256 e. The van der Waals surface area contributed by atoms with Crippen LogP contribution < -0.4 is 5.32 Å². The Bertz CT molecular complexity index is 1220. The van der Waals surface area contributed by atoms with E-state index < -0.39 is 11.9 Å². The van der Waals surface area contributed by atoms with E-state index >= 15 is 0 Å². The summed E-state index contributed by atoms with van der Waals surface area (Å²) < 4.78 is 21.1. The standard InChI is InChI=1S/C25H27FN4O4/c1-15-22(12-19-18-11-16(26)4-5-20(18)28-24(19)32)27-21-3-2-6-30(25(33)23(15)21)14-17(31)13-29-7-9-34-10-8-29/h4-5,7,11-12,17,31H,2-3,6,8-10,13-14H2,1H3,(H-,27,28,32,33)/p+1/t17-/m0/s1. The van der Waals surface area contributed by atoms with Crippen LogP contribution in [0, 0.1) is 12.7 Å². The molecule has 8 nitrogen and oxygen atoms in total. The number of hydrogen-bond donors (Lipinski definition) is 3. The van der Waals surface area contributed by atoms with Gasteiger partial charge in [-0.15, -0.1) is 0 Å². The predicted octanol–water partition coefficient (Wildman–Crippen LogP) is 1.82. The molecule has 0 bridgehead atoms. The molecule has 178 valence electrons. The number of H-pyrrole nitrogens is 1. The van der Waals surface area contributed by atoms with Gasteiger partial charge in [-0.1, -0.05) is 0 Å². The molecule has 34 heavy (non-hydrogen) atoms. The highest BCUT2D eigenvalue weighted by molar-refractivity contribution is 6.34. The number of fused-ring (bicyclic) bond motifs is 2. The van der Waals surface area contributed by atoms with Crippen molar-refractivity contribution in [3.05, 3.63) is 52.1 Å². The van der Waals surface area contributed by atoms with Gasteiger partial charge in [0.25, 0.3) is 11.8 Å². The number of carbonyl (C=O) groups is 2. The van der Waals surface area contributed by atoms with E-state index in [1.165, 1.54) is 12.1 Å². The Balaban J connectivity index is 1.39. The first-order valence-corrected chi connectivity index (χ1v) is 11.6. The normalized spacial score (nSPS) is 20.0. The molecule has 3 aliphatic heterocycles. The number of halogens is 1. The molecule has 2 amide bonds. The molecule has 1 atom stereocenters. The molecule has 3 aliphatic rings. The van der Waals surface area contributed by atoms with Gasteiger partial charge < -0.3 is 25.0 Å². The fourth-order valence-electron chi connectivity index (χ4n) is 4.89. The third-order valence-electron chi connectivity index (χ3n) is 6.63. The maximum Gasteiger partial charge on any atom is 0.256 e. The molecule has 2 aromatic rings. The van der Waals surface area contributed by atoms with Crippen molar-refractivity contribution >= 4 is 35.4 Å². The molecular formula is C25H28FN4O4+. The molecule has 0 fully saturated rings. The van der Waals surface area contributed by atoms with Crippen LogP contribution in [-0.2, 0) is 16.0 Å². The van der Waals surface area contributed by atoms with Crippen LogP contribution in [0.1, 0.15) is 39.3 Å². The fraction of sp³-hybridized carbons (Fsp3) is 0.400. The van der Waals surface area contributed by atoms with Gasteiger partial charge in [-0.05, 0) is 49.6 Å². The molecule has 0 unspecified atom stereocenters. The summed E-state index contributed by atoms with van der Waals surface area (Å²) in [7, 11) is 0. The summed E-state index contributed by atoms with van der Waals surface area (Å²) >= 11 is 0. The number of aliphatic hydroxyl groups is 1. The van der Waals surface area contributed by atoms with Gasteiger partial charge in [-0.25, -0.2) is 8.97 Å². The lowest BCUT2D eigenvalue weighted by atomic mass is 10.0. The first-order valence-electron chi connectivity index (χ1n) is 11.6. The van der Waals surface area contributed by atoms with Gasteiger partial charge in [0.05, 0.1) is 17.7 Å². The van der Waals surface area contributed by atoms with Crippen molar-refractivity contribution in [3.63, 3.8) is 0 Å². The van der Waals surface area contributed by atoms with Crippen LogP contribution in [0.4, 0.5) is 10.1 Å². The Morgan fingerprint density at radius 2 is 2.21 bits per heavy atom. The zero-order chi connectivity index (χ0) is 23.8. The van der Waals surface area contributed by atoms with Crippen molar-refractivity contribution < 1.29 is 28.4 Å². The average Bonchev–Trinajstić information content (AvgIpc) is 3.23. The third kappa shape index (κ3) is 4.28. The minimum absolute atomic E-state index is 0.127. The van der Waals surface area contributed by atoms with E-state index in [4.69, 9.17) is 4.74 Å². The number of benzene rings is 1. The van der Waals surface area contributed by atoms with Crippen LogP contribution in [0.5, 0.6) is 0 Å². The molecule has 0 radical (unpaired) electrons. The van der Waals surface area contributed by atoms with Crippen LogP contribution in [0.15, 0.2) is 18.2 Å². The van der Waals surface area contributed by atoms with E-state index in [1.807, 2.05) is 17.7 Å². The number of rotatable bonds is 5. The molecule has 4 heterocycles. The lowest BCUT2D eigenvalue weighted by Gasteiger charge is -2.23. The number of ether oxygens (including phenoxy) is 1. The maximum absolute atomic E-state index is 13.8. The summed E-state index contributed by atoms with van der Waals surface area (Å²) in [4.78, 5) is 31.0. The lowest BCUT2D eigenvalue weighted by Crippen LogP contribution is -2.42. The summed E-state index contributed by atoms with van der Waals surface area (Å²) in [5.41, 5.74) is 4.25. The summed E-state index contributed by atoms with van der Waals surface area (Å²) in [5, 5.41) is 13.4. The molecule has 3 N–H and O–H groups in total. The Morgan fingerprint density at radius 3 is 3.00 bits per heavy atom. The van der Waals surface area contributed by atoms with Crippen LogP contribution in [0.25, 0.3) is 11.6 Å². The van der Waals surface area contributed by atoms with Crippen molar-refractivity contribution in [1.29, 1.82) is 0 Å². The number of aromatic nitrogens is 1. The average molecular weight is 468 g/mol. The fourth-order valence-corrected chi connectivity index (χ4v) is 4.89. The Kier molecular flexibility index (Phi) is 6.05. The highest BCUT2D eigenvalue weighted by Gasteiger charge is 2.31. The van der Waals surface area contributed by atoms with Crippen molar-refractivity contribution in [3.8, 4) is 0 Å². The molecule has 0 aliphatic carbocycles. The first kappa shape index (κ1) is 22.5. The van der Waals surface area contributed by atoms with Gasteiger partial charge in [-0.3, -0.25) is 9.59 Å². The van der Waals surface area contributed by atoms with E-state index in [0.29, 0.717) is 60.8 Å². The summed E-state index contributed by atoms with van der Waals surface area (Å²) in [6, 6.07) is 4.19. The molecule has 0 saturated heterocycles. The first-order chi connectivity index (χ1) is 16.4. The van der Waals surface area contributed by atoms with Gasteiger partial charge in [-0.2, -0.15) is 0 Å². The van der Waals surface area contributed by atoms with Crippen molar-refractivity contribution in [2.45, 2.75) is 25.9 Å². The number of nitrogens with zero attached hydrogens (tertiary/aromatic N) is 2. The molecule has 9 heteroatoms. The number of aromatic amines is 1. The van der Waals surface area contributed by atoms with Crippen molar-refractivity contribution in [2.75, 3.05) is 44.7 Å². The zero-order valence-corrected chi connectivity index (χ0v) is 19.1.